The highest BCUT2D eigenvalue weighted by molar-refractivity contribution is 5.72. The van der Waals surface area contributed by atoms with Gasteiger partial charge in [0, 0.05) is 0 Å². The van der Waals surface area contributed by atoms with Gasteiger partial charge in [-0.05, 0) is 33.9 Å². The minimum absolute atomic E-state index is 0.167. The van der Waals surface area contributed by atoms with E-state index in [9.17, 15) is 4.79 Å². The van der Waals surface area contributed by atoms with Crippen LogP contribution in [0.15, 0.2) is 0 Å². The lowest BCUT2D eigenvalue weighted by Gasteiger charge is -1.95. The molecule has 0 atom stereocenters. The van der Waals surface area contributed by atoms with Crippen molar-refractivity contribution in [3.63, 3.8) is 0 Å². The minimum atomic E-state index is 0.167. The summed E-state index contributed by atoms with van der Waals surface area (Å²) in [7, 11) is 2.01. The molecule has 2 nitrogen and oxygen atoms in total. The molecular formula is C10H23NO. The van der Waals surface area contributed by atoms with Crippen molar-refractivity contribution in [2.24, 2.45) is 0 Å². The maximum absolute atomic E-state index is 9.44. The third-order valence-electron chi connectivity index (χ3n) is 1.28. The van der Waals surface area contributed by atoms with E-state index in [-0.39, 0.29) is 5.78 Å². The first-order chi connectivity index (χ1) is 5.65. The van der Waals surface area contributed by atoms with Crippen LogP contribution in [0.3, 0.4) is 0 Å². The van der Waals surface area contributed by atoms with E-state index in [0.717, 1.165) is 0 Å². The van der Waals surface area contributed by atoms with Crippen LogP contribution in [0.25, 0.3) is 0 Å². The molecule has 0 rings (SSSR count). The second kappa shape index (κ2) is 13.2. The summed E-state index contributed by atoms with van der Waals surface area (Å²) in [4.78, 5) is 9.44. The average molecular weight is 173 g/mol. The number of unbranched alkanes of at least 4 members (excludes halogenated alkanes) is 3. The molecule has 0 fully saturated rings. The predicted molar refractivity (Wildman–Crippen MR) is 54.4 cm³/mol. The molecule has 74 valence electrons. The maximum Gasteiger partial charge on any atom is 0.126 e. The summed E-state index contributed by atoms with van der Waals surface area (Å²) in [5.41, 5.74) is 0. The zero-order valence-corrected chi connectivity index (χ0v) is 8.94. The monoisotopic (exact) mass is 173 g/mol. The molecule has 0 aromatic heterocycles. The highest BCUT2D eigenvalue weighted by Gasteiger charge is 1.82. The van der Waals surface area contributed by atoms with Crippen LogP contribution in [0.1, 0.15) is 46.5 Å². The Morgan fingerprint density at radius 2 is 1.67 bits per heavy atom. The van der Waals surface area contributed by atoms with Gasteiger partial charge in [0.1, 0.15) is 5.78 Å². The van der Waals surface area contributed by atoms with Crippen molar-refractivity contribution in [2.45, 2.75) is 46.5 Å². The predicted octanol–water partition coefficient (Wildman–Crippen LogP) is 2.38. The molecule has 0 saturated carbocycles. The SMILES string of the molecule is CC(C)=O.CCCCCCNC. The molecule has 1 N–H and O–H groups in total. The van der Waals surface area contributed by atoms with Crippen LogP contribution in [-0.2, 0) is 4.79 Å². The number of carbonyl (C=O) groups is 1. The lowest BCUT2D eigenvalue weighted by atomic mass is 10.2. The summed E-state index contributed by atoms with van der Waals surface area (Å²) >= 11 is 0. The zero-order valence-electron chi connectivity index (χ0n) is 8.94. The summed E-state index contributed by atoms with van der Waals surface area (Å²) < 4.78 is 0. The molecule has 0 amide bonds. The number of ketones is 1. The topological polar surface area (TPSA) is 29.1 Å². The van der Waals surface area contributed by atoms with Gasteiger partial charge in [0.05, 0.1) is 0 Å². The Morgan fingerprint density at radius 1 is 1.17 bits per heavy atom. The van der Waals surface area contributed by atoms with Crippen LogP contribution in [0.5, 0.6) is 0 Å². The van der Waals surface area contributed by atoms with Crippen LogP contribution in [0, 0.1) is 0 Å². The minimum Gasteiger partial charge on any atom is -0.320 e. The Hall–Kier alpha value is -0.370. The van der Waals surface area contributed by atoms with Crippen molar-refractivity contribution in [1.82, 2.24) is 5.32 Å². The van der Waals surface area contributed by atoms with Gasteiger partial charge < -0.3 is 10.1 Å². The lowest BCUT2D eigenvalue weighted by molar-refractivity contribution is -0.114. The van der Waals surface area contributed by atoms with Gasteiger partial charge in [0.25, 0.3) is 0 Å². The Balaban J connectivity index is 0. The van der Waals surface area contributed by atoms with Gasteiger partial charge in [-0.1, -0.05) is 26.2 Å². The summed E-state index contributed by atoms with van der Waals surface area (Å²) in [6.45, 7) is 6.47. The molecule has 0 spiro atoms. The molecule has 0 aromatic carbocycles. The van der Waals surface area contributed by atoms with Crippen LogP contribution in [-0.4, -0.2) is 19.4 Å². The zero-order chi connectivity index (χ0) is 9.82. The second-order valence-corrected chi connectivity index (χ2v) is 3.07. The number of rotatable bonds is 5. The standard InChI is InChI=1S/C7H17N.C3H6O/c1-3-4-5-6-7-8-2;1-3(2)4/h8H,3-7H2,1-2H3;1-2H3. The third-order valence-corrected chi connectivity index (χ3v) is 1.28. The first-order valence-electron chi connectivity index (χ1n) is 4.76. The smallest absolute Gasteiger partial charge is 0.126 e. The molecule has 12 heavy (non-hydrogen) atoms. The van der Waals surface area contributed by atoms with Gasteiger partial charge in [-0.3, -0.25) is 0 Å². The van der Waals surface area contributed by atoms with Gasteiger partial charge in [0.15, 0.2) is 0 Å². The molecule has 0 heterocycles. The number of nitrogens with one attached hydrogen (secondary N) is 1. The normalized spacial score (nSPS) is 8.67. The molecule has 0 aliphatic carbocycles. The fourth-order valence-electron chi connectivity index (χ4n) is 0.729. The van der Waals surface area contributed by atoms with E-state index >= 15 is 0 Å². The van der Waals surface area contributed by atoms with Gasteiger partial charge in [0.2, 0.25) is 0 Å². The molecule has 0 aromatic rings. The largest absolute Gasteiger partial charge is 0.320 e. The summed E-state index contributed by atoms with van der Waals surface area (Å²) in [5, 5.41) is 3.13. The van der Waals surface area contributed by atoms with Crippen molar-refractivity contribution < 1.29 is 4.79 Å². The number of Topliss-reactive ketones (excluding diaryl/α,β-unsaturated/α-hetero) is 1. The van der Waals surface area contributed by atoms with Crippen molar-refractivity contribution in [3.05, 3.63) is 0 Å². The Morgan fingerprint density at radius 3 is 2.00 bits per heavy atom. The summed E-state index contributed by atoms with van der Waals surface area (Å²) in [5.74, 6) is 0.167. The second-order valence-electron chi connectivity index (χ2n) is 3.07. The molecule has 0 aliphatic rings. The number of hydrogen-bond acceptors (Lipinski definition) is 2. The van der Waals surface area contributed by atoms with E-state index in [4.69, 9.17) is 0 Å². The van der Waals surface area contributed by atoms with E-state index in [0.29, 0.717) is 0 Å². The number of carbonyl (C=O) groups excluding carboxylic acids is 1. The van der Waals surface area contributed by atoms with E-state index < -0.39 is 0 Å². The van der Waals surface area contributed by atoms with E-state index in [1.54, 1.807) is 0 Å². The Kier molecular flexibility index (Phi) is 15.6. The van der Waals surface area contributed by atoms with Crippen molar-refractivity contribution in [2.75, 3.05) is 13.6 Å². The Labute approximate surface area is 76.7 Å². The van der Waals surface area contributed by atoms with Crippen LogP contribution in [0.2, 0.25) is 0 Å². The first kappa shape index (κ1) is 14.2. The molecule has 0 saturated heterocycles. The maximum atomic E-state index is 9.44. The van der Waals surface area contributed by atoms with Crippen molar-refractivity contribution in [1.29, 1.82) is 0 Å². The first-order valence-corrected chi connectivity index (χ1v) is 4.76. The Bertz CT molecular complexity index is 81.8. The molecule has 0 bridgehead atoms. The van der Waals surface area contributed by atoms with E-state index in [1.807, 2.05) is 7.05 Å². The molecule has 0 radical (unpaired) electrons. The summed E-state index contributed by atoms with van der Waals surface area (Å²) in [6.07, 6.45) is 5.45. The fraction of sp³-hybridized carbons (Fsp3) is 0.900. The van der Waals surface area contributed by atoms with Crippen LogP contribution < -0.4 is 5.32 Å². The highest BCUT2D eigenvalue weighted by atomic mass is 16.1. The van der Waals surface area contributed by atoms with E-state index in [1.165, 1.54) is 46.1 Å². The van der Waals surface area contributed by atoms with Gasteiger partial charge >= 0.3 is 0 Å². The average Bonchev–Trinajstić information content (AvgIpc) is 1.97. The van der Waals surface area contributed by atoms with Crippen molar-refractivity contribution in [3.8, 4) is 0 Å². The molecular weight excluding hydrogens is 150 g/mol. The van der Waals surface area contributed by atoms with Crippen molar-refractivity contribution >= 4 is 5.78 Å². The van der Waals surface area contributed by atoms with Gasteiger partial charge in [-0.2, -0.15) is 0 Å². The molecule has 0 aliphatic heterocycles. The quantitative estimate of drug-likeness (QED) is 0.647. The number of hydrogen-bond donors (Lipinski definition) is 1. The van der Waals surface area contributed by atoms with Gasteiger partial charge in [-0.15, -0.1) is 0 Å². The van der Waals surface area contributed by atoms with E-state index in [2.05, 4.69) is 12.2 Å². The lowest BCUT2D eigenvalue weighted by Crippen LogP contribution is -2.06. The van der Waals surface area contributed by atoms with Crippen LogP contribution >= 0.6 is 0 Å². The third kappa shape index (κ3) is 33.5. The highest BCUT2D eigenvalue weighted by Crippen LogP contribution is 1.96. The van der Waals surface area contributed by atoms with Gasteiger partial charge in [-0.25, -0.2) is 0 Å². The molecule has 0 unspecified atom stereocenters. The molecule has 2 heteroatoms. The summed E-state index contributed by atoms with van der Waals surface area (Å²) in [6, 6.07) is 0. The fourth-order valence-corrected chi connectivity index (χ4v) is 0.729. The van der Waals surface area contributed by atoms with Crippen LogP contribution in [0.4, 0.5) is 0 Å².